The molecule has 1 aliphatic rings. The Bertz CT molecular complexity index is 558. The SMILES string of the molecule is O=C(O)c1ccc(N(Cc2cccs2)C2CC2)cc1. The third-order valence-corrected chi connectivity index (χ3v) is 4.20. The highest BCUT2D eigenvalue weighted by Crippen LogP contribution is 2.33. The molecule has 1 heterocycles. The van der Waals surface area contributed by atoms with Crippen LogP contribution in [0.25, 0.3) is 0 Å². The Kier molecular flexibility index (Phi) is 3.25. The summed E-state index contributed by atoms with van der Waals surface area (Å²) in [5.41, 5.74) is 1.46. The summed E-state index contributed by atoms with van der Waals surface area (Å²) >= 11 is 1.76. The predicted octanol–water partition coefficient (Wildman–Crippen LogP) is 3.62. The van der Waals surface area contributed by atoms with Crippen molar-refractivity contribution in [2.45, 2.75) is 25.4 Å². The molecule has 0 atom stereocenters. The van der Waals surface area contributed by atoms with Crippen LogP contribution in [0.2, 0.25) is 0 Å². The summed E-state index contributed by atoms with van der Waals surface area (Å²) in [6.45, 7) is 0.911. The standard InChI is InChI=1S/C15H15NO2S/c17-15(18)11-3-5-12(6-4-11)16(13-7-8-13)10-14-2-1-9-19-14/h1-6,9,13H,7-8,10H2,(H,17,18). The van der Waals surface area contributed by atoms with Crippen molar-refractivity contribution in [2.24, 2.45) is 0 Å². The van der Waals surface area contributed by atoms with Gasteiger partial charge in [-0.25, -0.2) is 4.79 Å². The molecule has 0 amide bonds. The zero-order valence-corrected chi connectivity index (χ0v) is 11.3. The van der Waals surface area contributed by atoms with E-state index in [2.05, 4.69) is 22.4 Å². The van der Waals surface area contributed by atoms with Crippen LogP contribution in [-0.4, -0.2) is 17.1 Å². The van der Waals surface area contributed by atoms with Gasteiger partial charge >= 0.3 is 5.97 Å². The van der Waals surface area contributed by atoms with Crippen LogP contribution < -0.4 is 4.90 Å². The van der Waals surface area contributed by atoms with E-state index in [1.807, 2.05) is 12.1 Å². The van der Waals surface area contributed by atoms with Crippen molar-refractivity contribution in [2.75, 3.05) is 4.90 Å². The fourth-order valence-corrected chi connectivity index (χ4v) is 2.89. The topological polar surface area (TPSA) is 40.5 Å². The summed E-state index contributed by atoms with van der Waals surface area (Å²) in [4.78, 5) is 14.6. The van der Waals surface area contributed by atoms with Crippen LogP contribution >= 0.6 is 11.3 Å². The normalized spacial score (nSPS) is 14.3. The number of hydrogen-bond acceptors (Lipinski definition) is 3. The largest absolute Gasteiger partial charge is 0.478 e. The fourth-order valence-electron chi connectivity index (χ4n) is 2.18. The van der Waals surface area contributed by atoms with Gasteiger partial charge in [0.1, 0.15) is 0 Å². The summed E-state index contributed by atoms with van der Waals surface area (Å²) < 4.78 is 0. The van der Waals surface area contributed by atoms with E-state index in [4.69, 9.17) is 5.11 Å². The molecule has 1 aliphatic carbocycles. The first-order valence-electron chi connectivity index (χ1n) is 6.36. The smallest absolute Gasteiger partial charge is 0.335 e. The highest BCUT2D eigenvalue weighted by molar-refractivity contribution is 7.09. The molecule has 0 unspecified atom stereocenters. The Balaban J connectivity index is 1.81. The minimum absolute atomic E-state index is 0.343. The number of rotatable bonds is 5. The Hall–Kier alpha value is -1.81. The Labute approximate surface area is 116 Å². The van der Waals surface area contributed by atoms with Crippen molar-refractivity contribution in [1.29, 1.82) is 0 Å². The van der Waals surface area contributed by atoms with Crippen molar-refractivity contribution in [1.82, 2.24) is 0 Å². The van der Waals surface area contributed by atoms with E-state index in [0.29, 0.717) is 11.6 Å². The van der Waals surface area contributed by atoms with E-state index in [1.165, 1.54) is 17.7 Å². The quantitative estimate of drug-likeness (QED) is 0.904. The van der Waals surface area contributed by atoms with Crippen LogP contribution in [0.1, 0.15) is 28.1 Å². The van der Waals surface area contributed by atoms with Crippen LogP contribution in [0.15, 0.2) is 41.8 Å². The number of anilines is 1. The van der Waals surface area contributed by atoms with E-state index in [1.54, 1.807) is 23.5 Å². The highest BCUT2D eigenvalue weighted by Gasteiger charge is 2.29. The molecule has 0 radical (unpaired) electrons. The average Bonchev–Trinajstić information content (AvgIpc) is 3.13. The Morgan fingerprint density at radius 2 is 2.00 bits per heavy atom. The first-order valence-corrected chi connectivity index (χ1v) is 7.24. The number of thiophene rings is 1. The van der Waals surface area contributed by atoms with Crippen LogP contribution in [-0.2, 0) is 6.54 Å². The number of carbonyl (C=O) groups is 1. The monoisotopic (exact) mass is 273 g/mol. The lowest BCUT2D eigenvalue weighted by Gasteiger charge is -2.24. The maximum Gasteiger partial charge on any atom is 0.335 e. The molecular formula is C15H15NO2S. The van der Waals surface area contributed by atoms with E-state index in [9.17, 15) is 4.79 Å². The summed E-state index contributed by atoms with van der Waals surface area (Å²) in [5.74, 6) is -0.872. The summed E-state index contributed by atoms with van der Waals surface area (Å²) in [7, 11) is 0. The van der Waals surface area contributed by atoms with Gasteiger partial charge in [-0.15, -0.1) is 11.3 Å². The van der Waals surface area contributed by atoms with Gasteiger partial charge in [0, 0.05) is 16.6 Å². The third-order valence-electron chi connectivity index (χ3n) is 3.34. The molecule has 4 heteroatoms. The maximum absolute atomic E-state index is 10.9. The molecule has 0 saturated heterocycles. The van der Waals surface area contributed by atoms with Crippen LogP contribution in [0.4, 0.5) is 5.69 Å². The molecule has 1 N–H and O–H groups in total. The van der Waals surface area contributed by atoms with Crippen LogP contribution in [0.3, 0.4) is 0 Å². The number of benzene rings is 1. The maximum atomic E-state index is 10.9. The van der Waals surface area contributed by atoms with Crippen molar-refractivity contribution in [3.05, 3.63) is 52.2 Å². The van der Waals surface area contributed by atoms with Gasteiger partial charge in [-0.3, -0.25) is 0 Å². The van der Waals surface area contributed by atoms with Gasteiger partial charge in [-0.05, 0) is 48.6 Å². The van der Waals surface area contributed by atoms with E-state index in [-0.39, 0.29) is 0 Å². The second-order valence-corrected chi connectivity index (χ2v) is 5.82. The molecule has 2 aromatic rings. The molecule has 3 rings (SSSR count). The number of nitrogens with zero attached hydrogens (tertiary/aromatic N) is 1. The van der Waals surface area contributed by atoms with Gasteiger partial charge in [0.05, 0.1) is 12.1 Å². The predicted molar refractivity (Wildman–Crippen MR) is 76.9 cm³/mol. The molecular weight excluding hydrogens is 258 g/mol. The molecule has 3 nitrogen and oxygen atoms in total. The molecule has 19 heavy (non-hydrogen) atoms. The molecule has 1 fully saturated rings. The summed E-state index contributed by atoms with van der Waals surface area (Å²) in [5, 5.41) is 11.0. The molecule has 0 aliphatic heterocycles. The lowest BCUT2D eigenvalue weighted by atomic mass is 10.2. The lowest BCUT2D eigenvalue weighted by Crippen LogP contribution is -2.24. The zero-order chi connectivity index (χ0) is 13.2. The fraction of sp³-hybridized carbons (Fsp3) is 0.267. The number of aromatic carboxylic acids is 1. The molecule has 0 spiro atoms. The van der Waals surface area contributed by atoms with Gasteiger partial charge < -0.3 is 10.0 Å². The molecule has 1 aromatic heterocycles. The van der Waals surface area contributed by atoms with E-state index >= 15 is 0 Å². The zero-order valence-electron chi connectivity index (χ0n) is 10.5. The number of carboxylic acid groups (broad SMARTS) is 1. The van der Waals surface area contributed by atoms with Crippen molar-refractivity contribution in [3.63, 3.8) is 0 Å². The van der Waals surface area contributed by atoms with Crippen molar-refractivity contribution < 1.29 is 9.90 Å². The second-order valence-electron chi connectivity index (χ2n) is 4.79. The van der Waals surface area contributed by atoms with Gasteiger partial charge in [0.15, 0.2) is 0 Å². The van der Waals surface area contributed by atoms with Gasteiger partial charge in [-0.2, -0.15) is 0 Å². The molecule has 98 valence electrons. The average molecular weight is 273 g/mol. The third kappa shape index (κ3) is 2.79. The van der Waals surface area contributed by atoms with Gasteiger partial charge in [0.25, 0.3) is 0 Å². The minimum atomic E-state index is -0.872. The van der Waals surface area contributed by atoms with Crippen LogP contribution in [0.5, 0.6) is 0 Å². The minimum Gasteiger partial charge on any atom is -0.478 e. The number of carboxylic acids is 1. The van der Waals surface area contributed by atoms with Crippen molar-refractivity contribution >= 4 is 23.0 Å². The Morgan fingerprint density at radius 1 is 1.26 bits per heavy atom. The second kappa shape index (κ2) is 5.05. The van der Waals surface area contributed by atoms with Crippen LogP contribution in [0, 0.1) is 0 Å². The summed E-state index contributed by atoms with van der Waals surface area (Å²) in [6, 6.07) is 12.0. The Morgan fingerprint density at radius 3 is 2.53 bits per heavy atom. The molecule has 0 bridgehead atoms. The summed E-state index contributed by atoms with van der Waals surface area (Å²) in [6.07, 6.45) is 2.46. The lowest BCUT2D eigenvalue weighted by molar-refractivity contribution is 0.0697. The van der Waals surface area contributed by atoms with Gasteiger partial charge in [-0.1, -0.05) is 6.07 Å². The first-order chi connectivity index (χ1) is 9.24. The molecule has 1 aromatic carbocycles. The van der Waals surface area contributed by atoms with Crippen molar-refractivity contribution in [3.8, 4) is 0 Å². The van der Waals surface area contributed by atoms with E-state index in [0.717, 1.165) is 12.2 Å². The van der Waals surface area contributed by atoms with E-state index < -0.39 is 5.97 Å². The van der Waals surface area contributed by atoms with Gasteiger partial charge in [0.2, 0.25) is 0 Å². The first kappa shape index (κ1) is 12.2. The molecule has 1 saturated carbocycles. The highest BCUT2D eigenvalue weighted by atomic mass is 32.1. The number of hydrogen-bond donors (Lipinski definition) is 1.